The third-order valence-corrected chi connectivity index (χ3v) is 4.25. The molecule has 0 bridgehead atoms. The molecule has 0 saturated carbocycles. The van der Waals surface area contributed by atoms with E-state index in [0.717, 1.165) is 5.69 Å². The fourth-order valence-electron chi connectivity index (χ4n) is 3.03. The van der Waals surface area contributed by atoms with E-state index in [9.17, 15) is 9.90 Å². The minimum absolute atomic E-state index is 0.0529. The van der Waals surface area contributed by atoms with Gasteiger partial charge in [0.2, 0.25) is 0 Å². The number of hydrogen-bond acceptors (Lipinski definition) is 3. The predicted octanol–water partition coefficient (Wildman–Crippen LogP) is 3.58. The molecule has 0 spiro atoms. The van der Waals surface area contributed by atoms with Crippen molar-refractivity contribution < 1.29 is 9.90 Å². The van der Waals surface area contributed by atoms with Crippen LogP contribution in [0.1, 0.15) is 42.7 Å². The second-order valence-electron chi connectivity index (χ2n) is 6.76. The zero-order valence-electron chi connectivity index (χ0n) is 13.1. The van der Waals surface area contributed by atoms with Crippen LogP contribution >= 0.6 is 0 Å². The van der Waals surface area contributed by atoms with Gasteiger partial charge in [0.15, 0.2) is 5.69 Å². The monoisotopic (exact) mass is 296 g/mol. The number of fused-ring (bicyclic) bond motifs is 1. The van der Waals surface area contributed by atoms with Crippen molar-refractivity contribution in [3.8, 4) is 5.75 Å². The number of hydrogen-bond donors (Lipinski definition) is 1. The highest BCUT2D eigenvalue weighted by Gasteiger charge is 2.39. The predicted molar refractivity (Wildman–Crippen MR) is 86.2 cm³/mol. The first kappa shape index (κ1) is 14.6. The number of amides is 1. The molecule has 1 aliphatic heterocycles. The smallest absolute Gasteiger partial charge is 0.280 e. The van der Waals surface area contributed by atoms with Crippen molar-refractivity contribution in [1.29, 1.82) is 0 Å². The first-order chi connectivity index (χ1) is 10.4. The van der Waals surface area contributed by atoms with E-state index in [2.05, 4.69) is 31.8 Å². The van der Waals surface area contributed by atoms with E-state index >= 15 is 0 Å². The van der Waals surface area contributed by atoms with Crippen LogP contribution in [0.2, 0.25) is 0 Å². The van der Waals surface area contributed by atoms with Gasteiger partial charge < -0.3 is 10.0 Å². The zero-order chi connectivity index (χ0) is 15.9. The second-order valence-corrected chi connectivity index (χ2v) is 6.76. The number of carbonyl (C=O) groups excluding carboxylic acids is 1. The topological polar surface area (TPSA) is 53.4 Å². The summed E-state index contributed by atoms with van der Waals surface area (Å²) in [7, 11) is 0. The maximum Gasteiger partial charge on any atom is 0.280 e. The quantitative estimate of drug-likeness (QED) is 0.875. The number of aromatic nitrogens is 1. The number of para-hydroxylation sites is 1. The summed E-state index contributed by atoms with van der Waals surface area (Å²) in [6.07, 6.45) is 1.52. The fraction of sp³-hybridized carbons (Fsp3) is 0.333. The van der Waals surface area contributed by atoms with Gasteiger partial charge in [0.05, 0.1) is 0 Å². The molecule has 2 aromatic rings. The van der Waals surface area contributed by atoms with Gasteiger partial charge in [-0.2, -0.15) is 0 Å². The Morgan fingerprint density at radius 3 is 2.64 bits per heavy atom. The van der Waals surface area contributed by atoms with Crippen LogP contribution in [0.4, 0.5) is 5.69 Å². The lowest BCUT2D eigenvalue weighted by Gasteiger charge is -2.27. The van der Waals surface area contributed by atoms with Crippen LogP contribution < -0.4 is 4.90 Å². The normalized spacial score (nSPS) is 17.4. The van der Waals surface area contributed by atoms with Gasteiger partial charge in [0.1, 0.15) is 5.75 Å². The van der Waals surface area contributed by atoms with Crippen LogP contribution in [0, 0.1) is 5.41 Å². The maximum atomic E-state index is 12.8. The number of anilines is 1. The summed E-state index contributed by atoms with van der Waals surface area (Å²) >= 11 is 0. The Bertz CT molecular complexity index is 719. The molecule has 1 aromatic carbocycles. The molecule has 0 radical (unpaired) electrons. The Morgan fingerprint density at radius 1 is 1.23 bits per heavy atom. The van der Waals surface area contributed by atoms with Crippen LogP contribution in [0.15, 0.2) is 42.6 Å². The van der Waals surface area contributed by atoms with E-state index < -0.39 is 0 Å². The van der Waals surface area contributed by atoms with E-state index in [1.165, 1.54) is 17.8 Å². The van der Waals surface area contributed by atoms with Crippen molar-refractivity contribution in [2.45, 2.75) is 26.7 Å². The lowest BCUT2D eigenvalue weighted by molar-refractivity contribution is 0.0978. The van der Waals surface area contributed by atoms with Gasteiger partial charge in [-0.25, -0.2) is 4.98 Å². The van der Waals surface area contributed by atoms with Crippen molar-refractivity contribution in [2.75, 3.05) is 11.4 Å². The van der Waals surface area contributed by atoms with Gasteiger partial charge >= 0.3 is 0 Å². The summed E-state index contributed by atoms with van der Waals surface area (Å²) in [6.45, 7) is 7.15. The number of pyridine rings is 1. The van der Waals surface area contributed by atoms with E-state index in [0.29, 0.717) is 6.54 Å². The molecule has 3 rings (SSSR count). The lowest BCUT2D eigenvalue weighted by Crippen LogP contribution is -2.33. The third-order valence-electron chi connectivity index (χ3n) is 4.25. The van der Waals surface area contributed by atoms with Gasteiger partial charge in [-0.1, -0.05) is 39.0 Å². The van der Waals surface area contributed by atoms with Crippen molar-refractivity contribution in [1.82, 2.24) is 4.98 Å². The number of carbonyl (C=O) groups is 1. The van der Waals surface area contributed by atoms with Crippen LogP contribution in [0.25, 0.3) is 0 Å². The minimum Gasteiger partial charge on any atom is -0.505 e. The number of benzene rings is 1. The van der Waals surface area contributed by atoms with Gasteiger partial charge in [0, 0.05) is 24.3 Å². The molecule has 2 heterocycles. The van der Waals surface area contributed by atoms with E-state index in [4.69, 9.17) is 0 Å². The molecule has 1 aromatic heterocycles. The number of nitrogens with zero attached hydrogens (tertiary/aromatic N) is 2. The molecular formula is C18H20N2O2. The van der Waals surface area contributed by atoms with Gasteiger partial charge in [-0.15, -0.1) is 0 Å². The van der Waals surface area contributed by atoms with Crippen LogP contribution in [-0.4, -0.2) is 22.5 Å². The molecule has 0 saturated heterocycles. The van der Waals surface area contributed by atoms with Crippen molar-refractivity contribution in [3.63, 3.8) is 0 Å². The van der Waals surface area contributed by atoms with Crippen molar-refractivity contribution >= 4 is 11.6 Å². The summed E-state index contributed by atoms with van der Waals surface area (Å²) in [5.74, 6) is -0.0694. The van der Waals surface area contributed by atoms with Crippen molar-refractivity contribution in [2.24, 2.45) is 5.41 Å². The van der Waals surface area contributed by atoms with Gasteiger partial charge in [0.25, 0.3) is 5.91 Å². The molecule has 1 N–H and O–H groups in total. The largest absolute Gasteiger partial charge is 0.505 e. The summed E-state index contributed by atoms with van der Waals surface area (Å²) < 4.78 is 0. The lowest BCUT2D eigenvalue weighted by atomic mass is 9.78. The molecule has 0 unspecified atom stereocenters. The highest BCUT2D eigenvalue weighted by molar-refractivity contribution is 6.07. The van der Waals surface area contributed by atoms with E-state index in [-0.39, 0.29) is 28.7 Å². The SMILES string of the molecule is CC(C)(C)[C@@H]1CN(C(=O)c2ncccc2O)c2ccccc21. The Labute approximate surface area is 130 Å². The zero-order valence-corrected chi connectivity index (χ0v) is 13.1. The standard InChI is InChI=1S/C18H20N2O2/c1-18(2,3)13-11-20(14-8-5-4-7-12(13)14)17(22)16-15(21)9-6-10-19-16/h4-10,13,21H,11H2,1-3H3/t13-/m1/s1. The minimum atomic E-state index is -0.252. The summed E-state index contributed by atoms with van der Waals surface area (Å²) in [5, 5.41) is 9.91. The Hall–Kier alpha value is -2.36. The summed E-state index contributed by atoms with van der Waals surface area (Å²) in [5.41, 5.74) is 2.25. The molecule has 4 nitrogen and oxygen atoms in total. The number of rotatable bonds is 1. The molecule has 4 heteroatoms. The first-order valence-electron chi connectivity index (χ1n) is 7.44. The highest BCUT2D eigenvalue weighted by Crippen LogP contribution is 2.46. The Kier molecular flexibility index (Phi) is 3.39. The molecule has 22 heavy (non-hydrogen) atoms. The van der Waals surface area contributed by atoms with E-state index in [1.807, 2.05) is 18.2 Å². The molecule has 1 aliphatic rings. The van der Waals surface area contributed by atoms with Gasteiger partial charge in [-0.3, -0.25) is 4.79 Å². The molecule has 114 valence electrons. The maximum absolute atomic E-state index is 12.8. The average molecular weight is 296 g/mol. The summed E-state index contributed by atoms with van der Waals surface area (Å²) in [4.78, 5) is 18.6. The first-order valence-corrected chi connectivity index (χ1v) is 7.44. The molecule has 0 aliphatic carbocycles. The Balaban J connectivity index is 2.03. The molecule has 1 amide bonds. The number of aromatic hydroxyl groups is 1. The average Bonchev–Trinajstić information content (AvgIpc) is 2.87. The molecule has 0 fully saturated rings. The molecule has 1 atom stereocenters. The van der Waals surface area contributed by atoms with Gasteiger partial charge in [-0.05, 0) is 29.2 Å². The van der Waals surface area contributed by atoms with Crippen LogP contribution in [-0.2, 0) is 0 Å². The Morgan fingerprint density at radius 2 is 1.95 bits per heavy atom. The van der Waals surface area contributed by atoms with E-state index in [1.54, 1.807) is 11.0 Å². The van der Waals surface area contributed by atoms with Crippen LogP contribution in [0.3, 0.4) is 0 Å². The second kappa shape index (κ2) is 5.13. The summed E-state index contributed by atoms with van der Waals surface area (Å²) in [6, 6.07) is 11.1. The fourth-order valence-corrected chi connectivity index (χ4v) is 3.03. The molecular weight excluding hydrogens is 276 g/mol. The van der Waals surface area contributed by atoms with Crippen molar-refractivity contribution in [3.05, 3.63) is 53.9 Å². The highest BCUT2D eigenvalue weighted by atomic mass is 16.3. The third kappa shape index (κ3) is 2.34. The van der Waals surface area contributed by atoms with Crippen LogP contribution in [0.5, 0.6) is 5.75 Å².